The van der Waals surface area contributed by atoms with Crippen molar-refractivity contribution >= 4 is 0 Å². The minimum Gasteiger partial charge on any atom is -0.329 e. The molecule has 0 aliphatic heterocycles. The number of hydrogen-bond donors (Lipinski definition) is 1. The second-order valence-corrected chi connectivity index (χ2v) is 6.78. The van der Waals surface area contributed by atoms with Gasteiger partial charge in [-0.15, -0.1) is 10.2 Å². The number of aryl methyl sites for hydroxylation is 1. The van der Waals surface area contributed by atoms with E-state index in [0.717, 1.165) is 12.4 Å². The zero-order valence-corrected chi connectivity index (χ0v) is 12.8. The molecule has 2 N–H and O–H groups in total. The molecule has 2 fully saturated rings. The zero-order chi connectivity index (χ0) is 14.0. The topological polar surface area (TPSA) is 56.7 Å². The van der Waals surface area contributed by atoms with Crippen molar-refractivity contribution in [1.29, 1.82) is 0 Å². The molecule has 4 nitrogen and oxygen atoms in total. The van der Waals surface area contributed by atoms with E-state index in [2.05, 4.69) is 21.7 Å². The van der Waals surface area contributed by atoms with Crippen molar-refractivity contribution in [2.75, 3.05) is 6.54 Å². The highest BCUT2D eigenvalue weighted by atomic mass is 15.3. The first-order valence-electron chi connectivity index (χ1n) is 8.39. The maximum absolute atomic E-state index is 6.24. The predicted molar refractivity (Wildman–Crippen MR) is 80.7 cm³/mol. The Kier molecular flexibility index (Phi) is 4.11. The Morgan fingerprint density at radius 1 is 1.05 bits per heavy atom. The predicted octanol–water partition coefficient (Wildman–Crippen LogP) is 3.25. The van der Waals surface area contributed by atoms with E-state index in [1.165, 1.54) is 70.0 Å². The maximum Gasteiger partial charge on any atom is 0.140 e. The summed E-state index contributed by atoms with van der Waals surface area (Å²) in [5, 5.41) is 9.02. The summed E-state index contributed by atoms with van der Waals surface area (Å²) < 4.78 is 2.45. The van der Waals surface area contributed by atoms with Crippen LogP contribution in [0.5, 0.6) is 0 Å². The molecule has 112 valence electrons. The molecule has 20 heavy (non-hydrogen) atoms. The molecule has 1 aromatic rings. The van der Waals surface area contributed by atoms with Gasteiger partial charge in [0.1, 0.15) is 11.6 Å². The fourth-order valence-electron chi connectivity index (χ4n) is 4.25. The summed E-state index contributed by atoms with van der Waals surface area (Å²) in [7, 11) is 0. The van der Waals surface area contributed by atoms with Gasteiger partial charge in [-0.1, -0.05) is 38.5 Å². The van der Waals surface area contributed by atoms with Crippen LogP contribution >= 0.6 is 0 Å². The molecule has 0 saturated heterocycles. The lowest BCUT2D eigenvalue weighted by Crippen LogP contribution is -2.38. The van der Waals surface area contributed by atoms with E-state index in [1.54, 1.807) is 0 Å². The second-order valence-electron chi connectivity index (χ2n) is 6.78. The van der Waals surface area contributed by atoms with E-state index in [4.69, 9.17) is 5.73 Å². The Balaban J connectivity index is 1.98. The van der Waals surface area contributed by atoms with Crippen molar-refractivity contribution in [2.24, 2.45) is 5.73 Å². The summed E-state index contributed by atoms with van der Waals surface area (Å²) in [6.07, 6.45) is 12.9. The maximum atomic E-state index is 6.24. The van der Waals surface area contributed by atoms with Crippen molar-refractivity contribution in [3.05, 3.63) is 11.6 Å². The van der Waals surface area contributed by atoms with Gasteiger partial charge in [-0.25, -0.2) is 0 Å². The minimum absolute atomic E-state index is 0.0837. The first kappa shape index (κ1) is 14.1. The van der Waals surface area contributed by atoms with E-state index in [1.807, 2.05) is 0 Å². The summed E-state index contributed by atoms with van der Waals surface area (Å²) in [5.41, 5.74) is 6.32. The van der Waals surface area contributed by atoms with Gasteiger partial charge in [-0.3, -0.25) is 0 Å². The van der Waals surface area contributed by atoms with Crippen LogP contribution in [0.15, 0.2) is 0 Å². The lowest BCUT2D eigenvalue weighted by molar-refractivity contribution is 0.327. The lowest BCUT2D eigenvalue weighted by Gasteiger charge is -2.32. The van der Waals surface area contributed by atoms with E-state index in [9.17, 15) is 0 Å². The van der Waals surface area contributed by atoms with E-state index in [0.29, 0.717) is 6.04 Å². The average Bonchev–Trinajstić information content (AvgIpc) is 3.03. The van der Waals surface area contributed by atoms with Crippen molar-refractivity contribution in [2.45, 2.75) is 82.6 Å². The van der Waals surface area contributed by atoms with Crippen LogP contribution in [0.2, 0.25) is 0 Å². The van der Waals surface area contributed by atoms with Gasteiger partial charge in [0.25, 0.3) is 0 Å². The van der Waals surface area contributed by atoms with Crippen LogP contribution in [0.25, 0.3) is 0 Å². The summed E-state index contributed by atoms with van der Waals surface area (Å²) in [6.45, 7) is 2.83. The quantitative estimate of drug-likeness (QED) is 0.862. The number of nitrogens with zero attached hydrogens (tertiary/aromatic N) is 3. The fraction of sp³-hybridized carbons (Fsp3) is 0.875. The summed E-state index contributed by atoms with van der Waals surface area (Å²) in [4.78, 5) is 0. The van der Waals surface area contributed by atoms with Gasteiger partial charge < -0.3 is 10.3 Å². The van der Waals surface area contributed by atoms with Crippen LogP contribution in [0.3, 0.4) is 0 Å². The highest BCUT2D eigenvalue weighted by Crippen LogP contribution is 2.40. The largest absolute Gasteiger partial charge is 0.329 e. The molecule has 0 spiro atoms. The van der Waals surface area contributed by atoms with Gasteiger partial charge in [0.15, 0.2) is 0 Å². The third-order valence-corrected chi connectivity index (χ3v) is 5.48. The van der Waals surface area contributed by atoms with Gasteiger partial charge >= 0.3 is 0 Å². The normalized spacial score (nSPS) is 23.9. The molecule has 3 rings (SSSR count). The van der Waals surface area contributed by atoms with Crippen LogP contribution in [0, 0.1) is 6.92 Å². The van der Waals surface area contributed by atoms with Gasteiger partial charge in [0.05, 0.1) is 0 Å². The Hall–Kier alpha value is -0.900. The second kappa shape index (κ2) is 5.84. The molecule has 0 amide bonds. The molecule has 1 aromatic heterocycles. The average molecular weight is 276 g/mol. The molecule has 0 bridgehead atoms. The summed E-state index contributed by atoms with van der Waals surface area (Å²) in [6, 6.07) is 0.617. The standard InChI is InChI=1S/C16H28N4/c1-13-18-19-15(20(13)14-8-4-5-9-14)16(12-17)10-6-2-3-7-11-16/h14H,2-12,17H2,1H3. The molecule has 1 heterocycles. The third kappa shape index (κ3) is 2.39. The molecule has 0 aromatic carbocycles. The first-order chi connectivity index (χ1) is 9.77. The van der Waals surface area contributed by atoms with Crippen molar-refractivity contribution < 1.29 is 0 Å². The van der Waals surface area contributed by atoms with Crippen LogP contribution in [0.1, 0.15) is 81.9 Å². The van der Waals surface area contributed by atoms with Crippen LogP contribution < -0.4 is 5.73 Å². The Bertz CT molecular complexity index is 437. The Morgan fingerprint density at radius 2 is 1.70 bits per heavy atom. The summed E-state index contributed by atoms with van der Waals surface area (Å²) in [5.74, 6) is 2.29. The van der Waals surface area contributed by atoms with Crippen molar-refractivity contribution in [3.8, 4) is 0 Å². The summed E-state index contributed by atoms with van der Waals surface area (Å²) >= 11 is 0. The number of rotatable bonds is 3. The van der Waals surface area contributed by atoms with Gasteiger partial charge in [0.2, 0.25) is 0 Å². The Morgan fingerprint density at radius 3 is 2.30 bits per heavy atom. The van der Waals surface area contributed by atoms with Gasteiger partial charge in [0, 0.05) is 18.0 Å². The van der Waals surface area contributed by atoms with Crippen LogP contribution in [0.4, 0.5) is 0 Å². The molecule has 0 unspecified atom stereocenters. The van der Waals surface area contributed by atoms with Crippen molar-refractivity contribution in [3.63, 3.8) is 0 Å². The highest BCUT2D eigenvalue weighted by molar-refractivity contribution is 5.14. The fourth-order valence-corrected chi connectivity index (χ4v) is 4.25. The SMILES string of the molecule is Cc1nnc(C2(CN)CCCCCC2)n1C1CCCC1. The van der Waals surface area contributed by atoms with E-state index < -0.39 is 0 Å². The minimum atomic E-state index is 0.0837. The third-order valence-electron chi connectivity index (χ3n) is 5.48. The molecule has 2 saturated carbocycles. The number of hydrogen-bond acceptors (Lipinski definition) is 3. The molecule has 2 aliphatic rings. The first-order valence-corrected chi connectivity index (χ1v) is 8.39. The molecular formula is C16H28N4. The Labute approximate surface area is 122 Å². The molecule has 2 aliphatic carbocycles. The molecule has 0 radical (unpaired) electrons. The van der Waals surface area contributed by atoms with Crippen LogP contribution in [-0.2, 0) is 5.41 Å². The van der Waals surface area contributed by atoms with Gasteiger partial charge in [-0.2, -0.15) is 0 Å². The highest BCUT2D eigenvalue weighted by Gasteiger charge is 2.38. The number of aromatic nitrogens is 3. The molecule has 0 atom stereocenters. The van der Waals surface area contributed by atoms with E-state index in [-0.39, 0.29) is 5.41 Å². The molecule has 4 heteroatoms. The molecular weight excluding hydrogens is 248 g/mol. The van der Waals surface area contributed by atoms with Gasteiger partial charge in [-0.05, 0) is 32.6 Å². The monoisotopic (exact) mass is 276 g/mol. The van der Waals surface area contributed by atoms with Crippen LogP contribution in [-0.4, -0.2) is 21.3 Å². The number of nitrogens with two attached hydrogens (primary N) is 1. The van der Waals surface area contributed by atoms with Crippen molar-refractivity contribution in [1.82, 2.24) is 14.8 Å². The smallest absolute Gasteiger partial charge is 0.140 e. The zero-order valence-electron chi connectivity index (χ0n) is 12.8. The van der Waals surface area contributed by atoms with E-state index >= 15 is 0 Å². The lowest BCUT2D eigenvalue weighted by atomic mass is 9.79.